The Labute approximate surface area is 132 Å². The van der Waals surface area contributed by atoms with Crippen molar-refractivity contribution in [1.29, 1.82) is 0 Å². The van der Waals surface area contributed by atoms with Gasteiger partial charge in [-0.05, 0) is 25.2 Å². The molecule has 2 rings (SSSR count). The molecule has 6 heteroatoms. The topological polar surface area (TPSA) is 65.1 Å². The summed E-state index contributed by atoms with van der Waals surface area (Å²) in [5.41, 5.74) is 0.328. The van der Waals surface area contributed by atoms with E-state index >= 15 is 0 Å². The quantitative estimate of drug-likeness (QED) is 0.356. The first-order chi connectivity index (χ1) is 9.97. The van der Waals surface area contributed by atoms with E-state index < -0.39 is 4.92 Å². The number of aromatic nitrogens is 1. The number of aryl methyl sites for hydroxylation is 1. The van der Waals surface area contributed by atoms with E-state index in [1.165, 1.54) is 29.7 Å². The third kappa shape index (κ3) is 3.73. The zero-order chi connectivity index (χ0) is 15.5. The van der Waals surface area contributed by atoms with Crippen molar-refractivity contribution in [1.82, 2.24) is 4.57 Å². The number of nitrogens with zero attached hydrogens (tertiary/aromatic N) is 2. The summed E-state index contributed by atoms with van der Waals surface area (Å²) in [6.07, 6.45) is 8.32. The summed E-state index contributed by atoms with van der Waals surface area (Å²) < 4.78 is 1.53. The molecule has 0 aromatic carbocycles. The van der Waals surface area contributed by atoms with E-state index in [-0.39, 0.29) is 16.7 Å². The monoisotopic (exact) mass is 356 g/mol. The fraction of sp³-hybridized carbons (Fsp3) is 0.667. The van der Waals surface area contributed by atoms with Gasteiger partial charge in [-0.2, -0.15) is 0 Å². The van der Waals surface area contributed by atoms with Crippen molar-refractivity contribution in [2.45, 2.75) is 52.0 Å². The van der Waals surface area contributed by atoms with Crippen LogP contribution in [0.2, 0.25) is 0 Å². The van der Waals surface area contributed by atoms with Gasteiger partial charge in [0, 0.05) is 23.5 Å². The summed E-state index contributed by atoms with van der Waals surface area (Å²) in [6.45, 7) is 2.16. The summed E-state index contributed by atoms with van der Waals surface area (Å²) in [5, 5.41) is 11.9. The van der Waals surface area contributed by atoms with Crippen LogP contribution in [0.5, 0.6) is 0 Å². The van der Waals surface area contributed by atoms with E-state index in [0.717, 1.165) is 31.0 Å². The lowest BCUT2D eigenvalue weighted by Gasteiger charge is -2.31. The Morgan fingerprint density at radius 1 is 1.33 bits per heavy atom. The van der Waals surface area contributed by atoms with Crippen molar-refractivity contribution >= 4 is 21.6 Å². The maximum Gasteiger partial charge on any atom is 0.288 e. The number of hydrogen-bond acceptors (Lipinski definition) is 3. The van der Waals surface area contributed by atoms with E-state index in [2.05, 4.69) is 15.9 Å². The molecule has 0 spiro atoms. The fourth-order valence-electron chi connectivity index (χ4n) is 3.14. The SMILES string of the molecule is Cc1cc(=O)n(CC2(CBr)CCCCCC2)cc1[N+](=O)[O-]. The van der Waals surface area contributed by atoms with Crippen LogP contribution in [0.15, 0.2) is 17.1 Å². The Morgan fingerprint density at radius 2 is 1.95 bits per heavy atom. The average Bonchev–Trinajstić information content (AvgIpc) is 2.67. The number of alkyl halides is 1. The third-order valence-electron chi connectivity index (χ3n) is 4.46. The molecule has 0 atom stereocenters. The van der Waals surface area contributed by atoms with Gasteiger partial charge in [0.1, 0.15) is 0 Å². The van der Waals surface area contributed by atoms with E-state index in [4.69, 9.17) is 0 Å². The van der Waals surface area contributed by atoms with E-state index in [0.29, 0.717) is 12.1 Å². The normalized spacial score (nSPS) is 18.2. The van der Waals surface area contributed by atoms with Crippen LogP contribution >= 0.6 is 15.9 Å². The number of halogens is 1. The molecule has 21 heavy (non-hydrogen) atoms. The van der Waals surface area contributed by atoms with E-state index in [1.807, 2.05) is 0 Å². The van der Waals surface area contributed by atoms with E-state index in [9.17, 15) is 14.9 Å². The van der Waals surface area contributed by atoms with Gasteiger partial charge >= 0.3 is 0 Å². The lowest BCUT2D eigenvalue weighted by molar-refractivity contribution is -0.386. The summed E-state index contributed by atoms with van der Waals surface area (Å²) in [7, 11) is 0. The standard InChI is InChI=1S/C15H21BrN2O3/c1-12-8-14(19)17(9-13(12)18(20)21)11-15(10-16)6-4-2-3-5-7-15/h8-9H,2-7,10-11H2,1H3. The van der Waals surface area contributed by atoms with Crippen LogP contribution in [-0.2, 0) is 6.54 Å². The van der Waals surface area contributed by atoms with Gasteiger partial charge in [-0.25, -0.2) is 0 Å². The van der Waals surface area contributed by atoms with Crippen LogP contribution in [0.1, 0.15) is 44.1 Å². The summed E-state index contributed by atoms with van der Waals surface area (Å²) >= 11 is 3.60. The predicted molar refractivity (Wildman–Crippen MR) is 86.0 cm³/mol. The lowest BCUT2D eigenvalue weighted by Crippen LogP contribution is -2.33. The molecule has 1 fully saturated rings. The highest BCUT2D eigenvalue weighted by Gasteiger charge is 2.31. The lowest BCUT2D eigenvalue weighted by atomic mass is 9.82. The van der Waals surface area contributed by atoms with Crippen molar-refractivity contribution in [3.05, 3.63) is 38.3 Å². The molecule has 1 aromatic heterocycles. The molecule has 0 bridgehead atoms. The second-order valence-corrected chi connectivity index (χ2v) is 6.67. The molecule has 1 aliphatic rings. The fourth-order valence-corrected chi connectivity index (χ4v) is 3.88. The second kappa shape index (κ2) is 6.73. The Balaban J connectivity index is 2.34. The largest absolute Gasteiger partial charge is 0.308 e. The summed E-state index contributed by atoms with van der Waals surface area (Å²) in [5.74, 6) is 0. The van der Waals surface area contributed by atoms with Gasteiger partial charge in [0.2, 0.25) is 0 Å². The minimum atomic E-state index is -0.417. The highest BCUT2D eigenvalue weighted by atomic mass is 79.9. The molecular weight excluding hydrogens is 336 g/mol. The maximum atomic E-state index is 12.2. The molecule has 1 saturated carbocycles. The van der Waals surface area contributed by atoms with Crippen LogP contribution in [0.4, 0.5) is 5.69 Å². The molecule has 0 radical (unpaired) electrons. The predicted octanol–water partition coefficient (Wildman–Crippen LogP) is 3.80. The Morgan fingerprint density at radius 3 is 2.48 bits per heavy atom. The molecule has 0 aliphatic heterocycles. The van der Waals surface area contributed by atoms with Crippen molar-refractivity contribution in [2.24, 2.45) is 5.41 Å². The van der Waals surface area contributed by atoms with Crippen molar-refractivity contribution in [3.8, 4) is 0 Å². The first kappa shape index (κ1) is 16.2. The van der Waals surface area contributed by atoms with Crippen molar-refractivity contribution in [2.75, 3.05) is 5.33 Å². The Bertz CT molecular complexity index is 575. The highest BCUT2D eigenvalue weighted by molar-refractivity contribution is 9.09. The molecule has 0 saturated heterocycles. The molecule has 1 aliphatic carbocycles. The van der Waals surface area contributed by atoms with Crippen LogP contribution in [0.3, 0.4) is 0 Å². The Kier molecular flexibility index (Phi) is 5.19. The average molecular weight is 357 g/mol. The molecule has 1 heterocycles. The molecule has 116 valence electrons. The van der Waals surface area contributed by atoms with Gasteiger partial charge in [-0.3, -0.25) is 14.9 Å². The van der Waals surface area contributed by atoms with Gasteiger partial charge in [0.15, 0.2) is 0 Å². The number of pyridine rings is 1. The first-order valence-corrected chi connectivity index (χ1v) is 8.51. The summed E-state index contributed by atoms with van der Waals surface area (Å²) in [6, 6.07) is 1.37. The number of rotatable bonds is 4. The number of nitro groups is 1. The molecule has 1 aromatic rings. The highest BCUT2D eigenvalue weighted by Crippen LogP contribution is 2.38. The van der Waals surface area contributed by atoms with Crippen LogP contribution in [0, 0.1) is 22.5 Å². The first-order valence-electron chi connectivity index (χ1n) is 7.39. The van der Waals surface area contributed by atoms with Crippen LogP contribution in [0.25, 0.3) is 0 Å². The zero-order valence-electron chi connectivity index (χ0n) is 12.3. The van der Waals surface area contributed by atoms with Gasteiger partial charge in [0.05, 0.1) is 11.1 Å². The molecule has 0 unspecified atom stereocenters. The van der Waals surface area contributed by atoms with Crippen LogP contribution < -0.4 is 5.56 Å². The van der Waals surface area contributed by atoms with Crippen molar-refractivity contribution in [3.63, 3.8) is 0 Å². The third-order valence-corrected chi connectivity index (χ3v) is 5.64. The second-order valence-electron chi connectivity index (χ2n) is 6.11. The van der Waals surface area contributed by atoms with Gasteiger partial charge in [0.25, 0.3) is 11.2 Å². The molecule has 0 amide bonds. The zero-order valence-corrected chi connectivity index (χ0v) is 13.9. The minimum Gasteiger partial charge on any atom is -0.308 e. The Hall–Kier alpha value is -1.17. The number of hydrogen-bond donors (Lipinski definition) is 0. The summed E-state index contributed by atoms with van der Waals surface area (Å²) in [4.78, 5) is 22.8. The van der Waals surface area contributed by atoms with Gasteiger partial charge in [-0.15, -0.1) is 0 Å². The molecule has 5 nitrogen and oxygen atoms in total. The minimum absolute atomic E-state index is 0.0212. The van der Waals surface area contributed by atoms with E-state index in [1.54, 1.807) is 6.92 Å². The maximum absolute atomic E-state index is 12.2. The smallest absolute Gasteiger partial charge is 0.288 e. The van der Waals surface area contributed by atoms with Crippen LogP contribution in [-0.4, -0.2) is 14.8 Å². The molecule has 0 N–H and O–H groups in total. The van der Waals surface area contributed by atoms with Gasteiger partial charge < -0.3 is 4.57 Å². The van der Waals surface area contributed by atoms with Crippen molar-refractivity contribution < 1.29 is 4.92 Å². The van der Waals surface area contributed by atoms with Gasteiger partial charge in [-0.1, -0.05) is 41.6 Å². The molecular formula is C15H21BrN2O3.